The van der Waals surface area contributed by atoms with Crippen molar-refractivity contribution < 1.29 is 14.3 Å². The van der Waals surface area contributed by atoms with Gasteiger partial charge in [-0.1, -0.05) is 0 Å². The zero-order valence-electron chi connectivity index (χ0n) is 23.4. The van der Waals surface area contributed by atoms with Crippen molar-refractivity contribution in [2.45, 2.75) is 19.0 Å². The van der Waals surface area contributed by atoms with Gasteiger partial charge >= 0.3 is 6.03 Å². The number of amides is 3. The van der Waals surface area contributed by atoms with Gasteiger partial charge in [-0.3, -0.25) is 4.79 Å². The number of likely N-dealkylation sites (tertiary alicyclic amines) is 1. The number of morpholine rings is 1. The second-order valence-electron chi connectivity index (χ2n) is 10.8. The topological polar surface area (TPSA) is 107 Å². The molecule has 2 aliphatic heterocycles. The molecule has 2 N–H and O–H groups in total. The van der Waals surface area contributed by atoms with Crippen molar-refractivity contribution in [3.63, 3.8) is 0 Å². The Morgan fingerprint density at radius 2 is 1.66 bits per heavy atom. The SMILES string of the molecule is C[C@@H]1COCCN1c1nc(-c2ccc(NC(=O)Nc3ccc(C(=O)N4CC(N(C)C)C4)cc3)cc2)nn2cccc12. The summed E-state index contributed by atoms with van der Waals surface area (Å²) in [5, 5.41) is 10.4. The van der Waals surface area contributed by atoms with E-state index in [2.05, 4.69) is 27.4 Å². The second kappa shape index (κ2) is 11.2. The number of hydrogen-bond donors (Lipinski definition) is 2. The minimum atomic E-state index is -0.373. The zero-order chi connectivity index (χ0) is 28.5. The summed E-state index contributed by atoms with van der Waals surface area (Å²) in [6, 6.07) is 18.6. The molecule has 11 nitrogen and oxygen atoms in total. The maximum atomic E-state index is 12.7. The lowest BCUT2D eigenvalue weighted by atomic mass is 10.1. The van der Waals surface area contributed by atoms with Crippen LogP contribution in [0.4, 0.5) is 22.0 Å². The largest absolute Gasteiger partial charge is 0.377 e. The summed E-state index contributed by atoms with van der Waals surface area (Å²) in [5.74, 6) is 1.49. The molecular weight excluding hydrogens is 520 g/mol. The van der Waals surface area contributed by atoms with Gasteiger partial charge in [-0.15, -0.1) is 5.10 Å². The number of ether oxygens (including phenoxy) is 1. The Hall–Kier alpha value is -4.48. The molecule has 0 unspecified atom stereocenters. The third-order valence-electron chi connectivity index (χ3n) is 7.68. The lowest BCUT2D eigenvalue weighted by molar-refractivity contribution is 0.0399. The van der Waals surface area contributed by atoms with E-state index in [1.54, 1.807) is 24.3 Å². The predicted molar refractivity (Wildman–Crippen MR) is 159 cm³/mol. The number of benzene rings is 2. The number of urea groups is 1. The highest BCUT2D eigenvalue weighted by Crippen LogP contribution is 2.27. The van der Waals surface area contributed by atoms with Crippen molar-refractivity contribution in [1.29, 1.82) is 0 Å². The summed E-state index contributed by atoms with van der Waals surface area (Å²) >= 11 is 0. The molecule has 4 heterocycles. The van der Waals surface area contributed by atoms with E-state index in [9.17, 15) is 9.59 Å². The number of likely N-dealkylation sites (N-methyl/N-ethyl adjacent to an activating group) is 1. The molecule has 11 heteroatoms. The van der Waals surface area contributed by atoms with Crippen molar-refractivity contribution in [1.82, 2.24) is 24.4 Å². The third kappa shape index (κ3) is 5.59. The van der Waals surface area contributed by atoms with E-state index in [4.69, 9.17) is 14.8 Å². The molecule has 3 amide bonds. The first kappa shape index (κ1) is 26.7. The van der Waals surface area contributed by atoms with Crippen LogP contribution in [0.15, 0.2) is 66.9 Å². The van der Waals surface area contributed by atoms with Gasteiger partial charge in [0, 0.05) is 54.4 Å². The van der Waals surface area contributed by atoms with Gasteiger partial charge in [-0.25, -0.2) is 14.3 Å². The van der Waals surface area contributed by atoms with Crippen LogP contribution in [-0.2, 0) is 4.74 Å². The molecule has 0 spiro atoms. The van der Waals surface area contributed by atoms with Crippen molar-refractivity contribution in [2.75, 3.05) is 62.5 Å². The van der Waals surface area contributed by atoms with E-state index in [-0.39, 0.29) is 18.0 Å². The van der Waals surface area contributed by atoms with E-state index in [0.29, 0.717) is 42.0 Å². The molecule has 41 heavy (non-hydrogen) atoms. The first-order valence-corrected chi connectivity index (χ1v) is 13.8. The maximum absolute atomic E-state index is 12.7. The lowest BCUT2D eigenvalue weighted by Crippen LogP contribution is -2.59. The third-order valence-corrected chi connectivity index (χ3v) is 7.68. The number of fused-ring (bicyclic) bond motifs is 1. The Morgan fingerprint density at radius 1 is 0.976 bits per heavy atom. The van der Waals surface area contributed by atoms with E-state index in [1.165, 1.54) is 0 Å². The Bertz CT molecular complexity index is 1540. The first-order chi connectivity index (χ1) is 19.9. The highest BCUT2D eigenvalue weighted by molar-refractivity contribution is 6.00. The molecule has 0 aliphatic carbocycles. The van der Waals surface area contributed by atoms with Crippen LogP contribution in [0.25, 0.3) is 16.9 Å². The predicted octanol–water partition coefficient (Wildman–Crippen LogP) is 3.65. The molecule has 2 aliphatic rings. The normalized spacial score (nSPS) is 17.5. The first-order valence-electron chi connectivity index (χ1n) is 13.8. The summed E-state index contributed by atoms with van der Waals surface area (Å²) in [4.78, 5) is 36.4. The highest BCUT2D eigenvalue weighted by Gasteiger charge is 2.32. The van der Waals surface area contributed by atoms with Crippen LogP contribution in [0.1, 0.15) is 17.3 Å². The van der Waals surface area contributed by atoms with Crippen molar-refractivity contribution in [2.24, 2.45) is 0 Å². The van der Waals surface area contributed by atoms with Crippen LogP contribution in [0, 0.1) is 0 Å². The van der Waals surface area contributed by atoms with E-state index < -0.39 is 0 Å². The standard InChI is InChI=1S/C30H34N8O3/c1-20-19-41-16-15-37(20)28-26-5-4-14-38(26)34-27(33-28)21-6-10-23(11-7-21)31-30(40)32-24-12-8-22(9-13-24)29(39)36-17-25(18-36)35(2)3/h4-14,20,25H,15-19H2,1-3H3,(H2,31,32,40)/t20-/m1/s1. The minimum absolute atomic E-state index is 0.00525. The summed E-state index contributed by atoms with van der Waals surface area (Å²) in [7, 11) is 4.04. The highest BCUT2D eigenvalue weighted by atomic mass is 16.5. The molecule has 1 atom stereocenters. The number of nitrogens with zero attached hydrogens (tertiary/aromatic N) is 6. The fourth-order valence-electron chi connectivity index (χ4n) is 5.12. The van der Waals surface area contributed by atoms with Gasteiger partial charge < -0.3 is 30.1 Å². The monoisotopic (exact) mass is 554 g/mol. The van der Waals surface area contributed by atoms with Crippen molar-refractivity contribution in [3.8, 4) is 11.4 Å². The molecule has 0 bridgehead atoms. The summed E-state index contributed by atoms with van der Waals surface area (Å²) in [5.41, 5.74) is 3.64. The number of anilines is 3. The molecule has 2 fully saturated rings. The van der Waals surface area contributed by atoms with Gasteiger partial charge in [0.2, 0.25) is 0 Å². The van der Waals surface area contributed by atoms with Gasteiger partial charge in [-0.05, 0) is 81.7 Å². The second-order valence-corrected chi connectivity index (χ2v) is 10.8. The molecule has 4 aromatic rings. The Kier molecular flexibility index (Phi) is 7.29. The molecule has 0 radical (unpaired) electrons. The summed E-state index contributed by atoms with van der Waals surface area (Å²) in [6.45, 7) is 5.69. The van der Waals surface area contributed by atoms with Crippen LogP contribution in [0.2, 0.25) is 0 Å². The summed E-state index contributed by atoms with van der Waals surface area (Å²) < 4.78 is 7.46. The quantitative estimate of drug-likeness (QED) is 0.375. The van der Waals surface area contributed by atoms with E-state index >= 15 is 0 Å². The van der Waals surface area contributed by atoms with Crippen molar-refractivity contribution in [3.05, 3.63) is 72.4 Å². The summed E-state index contributed by atoms with van der Waals surface area (Å²) in [6.07, 6.45) is 1.92. The maximum Gasteiger partial charge on any atom is 0.323 e. The number of carbonyl (C=O) groups is 2. The Balaban J connectivity index is 1.09. The van der Waals surface area contributed by atoms with Crippen LogP contribution >= 0.6 is 0 Å². The number of nitrogens with one attached hydrogen (secondary N) is 2. The van der Waals surface area contributed by atoms with Gasteiger partial charge in [0.15, 0.2) is 11.6 Å². The van der Waals surface area contributed by atoms with Crippen LogP contribution in [0.3, 0.4) is 0 Å². The molecule has 2 aromatic heterocycles. The average Bonchev–Trinajstić information content (AvgIpc) is 3.41. The van der Waals surface area contributed by atoms with Crippen LogP contribution in [-0.4, -0.2) is 95.4 Å². The smallest absolute Gasteiger partial charge is 0.323 e. The number of carbonyl (C=O) groups excluding carboxylic acids is 2. The van der Waals surface area contributed by atoms with Crippen molar-refractivity contribution >= 4 is 34.6 Å². The molecule has 6 rings (SSSR count). The van der Waals surface area contributed by atoms with Gasteiger partial charge in [-0.2, -0.15) is 0 Å². The molecule has 212 valence electrons. The van der Waals surface area contributed by atoms with Gasteiger partial charge in [0.25, 0.3) is 5.91 Å². The lowest BCUT2D eigenvalue weighted by Gasteiger charge is -2.42. The zero-order valence-corrected chi connectivity index (χ0v) is 23.4. The number of hydrogen-bond acceptors (Lipinski definition) is 7. The Labute approximate surface area is 238 Å². The molecular formula is C30H34N8O3. The number of rotatable bonds is 6. The average molecular weight is 555 g/mol. The number of aromatic nitrogens is 3. The van der Waals surface area contributed by atoms with Crippen LogP contribution in [0.5, 0.6) is 0 Å². The van der Waals surface area contributed by atoms with E-state index in [0.717, 1.165) is 36.5 Å². The minimum Gasteiger partial charge on any atom is -0.377 e. The molecule has 2 saturated heterocycles. The fourth-order valence-corrected chi connectivity index (χ4v) is 5.12. The molecule has 2 aromatic carbocycles. The van der Waals surface area contributed by atoms with Gasteiger partial charge in [0.05, 0.1) is 19.3 Å². The Morgan fingerprint density at radius 3 is 2.32 bits per heavy atom. The fraction of sp³-hybridized carbons (Fsp3) is 0.333. The van der Waals surface area contributed by atoms with Crippen LogP contribution < -0.4 is 15.5 Å². The molecule has 0 saturated carbocycles. The van der Waals surface area contributed by atoms with E-state index in [1.807, 2.05) is 66.1 Å². The van der Waals surface area contributed by atoms with Gasteiger partial charge in [0.1, 0.15) is 5.52 Å².